The summed E-state index contributed by atoms with van der Waals surface area (Å²) in [7, 11) is 1.56. The number of carboxylic acid groups (broad SMARTS) is 1. The summed E-state index contributed by atoms with van der Waals surface area (Å²) in [6.07, 6.45) is 1.53. The number of halogens is 1. The first kappa shape index (κ1) is 13.6. The van der Waals surface area contributed by atoms with Gasteiger partial charge in [0.2, 0.25) is 0 Å². The zero-order valence-corrected chi connectivity index (χ0v) is 11.6. The maximum absolute atomic E-state index is 10.8. The number of methoxy groups -OCH3 is 1. The number of nitrogens with one attached hydrogen (secondary N) is 1. The van der Waals surface area contributed by atoms with Crippen molar-refractivity contribution in [2.75, 3.05) is 7.11 Å². The Hall–Kier alpha value is -1.86. The molecule has 0 aliphatic carbocycles. The van der Waals surface area contributed by atoms with Crippen molar-refractivity contribution in [1.29, 1.82) is 0 Å². The summed E-state index contributed by atoms with van der Waals surface area (Å²) in [5, 5.41) is 8.84. The number of ether oxygens (including phenoxy) is 1. The molecule has 1 atom stereocenters. The Balaban J connectivity index is 2.43. The summed E-state index contributed by atoms with van der Waals surface area (Å²) in [6.45, 7) is 0. The highest BCUT2D eigenvalue weighted by molar-refractivity contribution is 9.10. The Morgan fingerprint density at radius 3 is 2.95 bits per heavy atom. The van der Waals surface area contributed by atoms with E-state index >= 15 is 0 Å². The van der Waals surface area contributed by atoms with Crippen LogP contribution in [0.2, 0.25) is 0 Å². The highest BCUT2D eigenvalue weighted by Gasteiger charge is 2.19. The number of nitrogens with two attached hydrogens (primary N) is 1. The third kappa shape index (κ3) is 2.77. The van der Waals surface area contributed by atoms with Crippen LogP contribution in [-0.4, -0.2) is 28.2 Å². The Kier molecular flexibility index (Phi) is 3.87. The van der Waals surface area contributed by atoms with Gasteiger partial charge in [-0.15, -0.1) is 0 Å². The number of aromatic amines is 1. The molecule has 1 heterocycles. The summed E-state index contributed by atoms with van der Waals surface area (Å²) >= 11 is 3.37. The van der Waals surface area contributed by atoms with Crippen LogP contribution in [0.5, 0.6) is 5.75 Å². The van der Waals surface area contributed by atoms with Crippen LogP contribution in [0.25, 0.3) is 11.3 Å². The van der Waals surface area contributed by atoms with Crippen LogP contribution in [0.4, 0.5) is 0 Å². The molecular weight excluding hydrogens is 314 g/mol. The van der Waals surface area contributed by atoms with Crippen LogP contribution in [0.15, 0.2) is 28.9 Å². The van der Waals surface area contributed by atoms with Gasteiger partial charge in [-0.1, -0.05) is 15.9 Å². The molecule has 1 unspecified atom stereocenters. The number of hydrogen-bond donors (Lipinski definition) is 3. The number of H-pyrrole nitrogens is 1. The van der Waals surface area contributed by atoms with Crippen LogP contribution in [-0.2, 0) is 4.79 Å². The minimum Gasteiger partial charge on any atom is -0.496 e. The number of imidazole rings is 1. The van der Waals surface area contributed by atoms with Crippen LogP contribution in [0.3, 0.4) is 0 Å². The molecule has 19 heavy (non-hydrogen) atoms. The Morgan fingerprint density at radius 2 is 2.32 bits per heavy atom. The zero-order chi connectivity index (χ0) is 14.0. The molecule has 2 rings (SSSR count). The topological polar surface area (TPSA) is 101 Å². The second-order valence-corrected chi connectivity index (χ2v) is 4.76. The van der Waals surface area contributed by atoms with Crippen molar-refractivity contribution in [3.63, 3.8) is 0 Å². The van der Waals surface area contributed by atoms with Gasteiger partial charge in [0.1, 0.15) is 11.6 Å². The second-order valence-electron chi connectivity index (χ2n) is 3.84. The van der Waals surface area contributed by atoms with Crippen LogP contribution in [0, 0.1) is 0 Å². The Bertz CT molecular complexity index is 612. The van der Waals surface area contributed by atoms with Crippen LogP contribution >= 0.6 is 15.9 Å². The van der Waals surface area contributed by atoms with Gasteiger partial charge in [0.25, 0.3) is 0 Å². The smallest absolute Gasteiger partial charge is 0.328 e. The van der Waals surface area contributed by atoms with E-state index in [0.717, 1.165) is 10.0 Å². The predicted molar refractivity (Wildman–Crippen MR) is 72.8 cm³/mol. The Labute approximate surface area is 117 Å². The number of carboxylic acids is 1. The van der Waals surface area contributed by atoms with Crippen LogP contribution < -0.4 is 10.5 Å². The number of benzene rings is 1. The largest absolute Gasteiger partial charge is 0.496 e. The van der Waals surface area contributed by atoms with Crippen molar-refractivity contribution in [2.24, 2.45) is 5.73 Å². The van der Waals surface area contributed by atoms with E-state index in [9.17, 15) is 4.79 Å². The fourth-order valence-electron chi connectivity index (χ4n) is 1.64. The molecule has 0 aliphatic heterocycles. The lowest BCUT2D eigenvalue weighted by molar-refractivity contribution is -0.138. The van der Waals surface area contributed by atoms with Crippen molar-refractivity contribution in [2.45, 2.75) is 6.04 Å². The number of carbonyl (C=O) groups is 1. The lowest BCUT2D eigenvalue weighted by atomic mass is 10.1. The van der Waals surface area contributed by atoms with Gasteiger partial charge in [-0.2, -0.15) is 0 Å². The van der Waals surface area contributed by atoms with Gasteiger partial charge in [0.15, 0.2) is 6.04 Å². The van der Waals surface area contributed by atoms with Crippen molar-refractivity contribution >= 4 is 21.9 Å². The molecule has 0 spiro atoms. The molecule has 4 N–H and O–H groups in total. The second kappa shape index (κ2) is 5.41. The molecule has 2 aromatic rings. The molecule has 0 fully saturated rings. The van der Waals surface area contributed by atoms with Gasteiger partial charge in [-0.05, 0) is 18.2 Å². The standard InChI is InChI=1S/C12H12BrN3O3/c1-19-9-3-2-6(13)4-7(9)8-5-15-11(16-8)10(14)12(17)18/h2-5,10H,14H2,1H3,(H,15,16)(H,17,18). The molecule has 1 aromatic carbocycles. The highest BCUT2D eigenvalue weighted by Crippen LogP contribution is 2.31. The van der Waals surface area contributed by atoms with Crippen molar-refractivity contribution < 1.29 is 14.6 Å². The summed E-state index contributed by atoms with van der Waals surface area (Å²) in [5.74, 6) is -0.283. The SMILES string of the molecule is COc1ccc(Br)cc1-c1cnc(C(N)C(=O)O)[nH]1. The molecule has 6 nitrogen and oxygen atoms in total. The molecule has 7 heteroatoms. The lowest BCUT2D eigenvalue weighted by Crippen LogP contribution is -2.21. The van der Waals surface area contributed by atoms with Crippen LogP contribution in [0.1, 0.15) is 11.9 Å². The van der Waals surface area contributed by atoms with Crippen molar-refractivity contribution in [3.8, 4) is 17.0 Å². The van der Waals surface area contributed by atoms with E-state index in [0.29, 0.717) is 11.4 Å². The number of hydrogen-bond acceptors (Lipinski definition) is 4. The first-order chi connectivity index (χ1) is 9.02. The van der Waals surface area contributed by atoms with E-state index in [1.165, 1.54) is 6.20 Å². The van der Waals surface area contributed by atoms with E-state index in [2.05, 4.69) is 25.9 Å². The molecule has 0 amide bonds. The average molecular weight is 326 g/mol. The molecule has 1 aromatic heterocycles. The minimum absolute atomic E-state index is 0.199. The van der Waals surface area contributed by atoms with Gasteiger partial charge in [0, 0.05) is 10.0 Å². The van der Waals surface area contributed by atoms with Crippen molar-refractivity contribution in [3.05, 3.63) is 34.7 Å². The number of nitrogens with zero attached hydrogens (tertiary/aromatic N) is 1. The molecule has 0 bridgehead atoms. The molecule has 0 saturated heterocycles. The minimum atomic E-state index is -1.17. The monoisotopic (exact) mass is 325 g/mol. The van der Waals surface area contributed by atoms with Gasteiger partial charge in [0.05, 0.1) is 19.0 Å². The zero-order valence-electron chi connectivity index (χ0n) is 10.1. The number of aliphatic carboxylic acids is 1. The summed E-state index contributed by atoms with van der Waals surface area (Å²) in [6, 6.07) is 4.33. The molecular formula is C12H12BrN3O3. The molecule has 100 valence electrons. The summed E-state index contributed by atoms with van der Waals surface area (Å²) in [4.78, 5) is 17.7. The van der Waals surface area contributed by atoms with Crippen molar-refractivity contribution in [1.82, 2.24) is 9.97 Å². The third-order valence-electron chi connectivity index (χ3n) is 2.61. The van der Waals surface area contributed by atoms with E-state index in [1.54, 1.807) is 13.2 Å². The first-order valence-electron chi connectivity index (χ1n) is 5.40. The normalized spacial score (nSPS) is 12.2. The summed E-state index contributed by atoms with van der Waals surface area (Å²) < 4.78 is 6.13. The average Bonchev–Trinajstić information content (AvgIpc) is 2.87. The fourth-order valence-corrected chi connectivity index (χ4v) is 2.00. The quantitative estimate of drug-likeness (QED) is 0.797. The molecule has 0 aliphatic rings. The fraction of sp³-hybridized carbons (Fsp3) is 0.167. The first-order valence-corrected chi connectivity index (χ1v) is 6.19. The predicted octanol–water partition coefficient (Wildman–Crippen LogP) is 1.93. The molecule has 0 saturated carbocycles. The van der Waals surface area contributed by atoms with E-state index < -0.39 is 12.0 Å². The number of aromatic nitrogens is 2. The maximum atomic E-state index is 10.8. The molecule has 0 radical (unpaired) electrons. The Morgan fingerprint density at radius 1 is 1.58 bits per heavy atom. The summed E-state index contributed by atoms with van der Waals surface area (Å²) in [5.41, 5.74) is 6.91. The number of rotatable bonds is 4. The lowest BCUT2D eigenvalue weighted by Gasteiger charge is -2.07. The van der Waals surface area contributed by atoms with Gasteiger partial charge >= 0.3 is 5.97 Å². The van der Waals surface area contributed by atoms with E-state index in [1.807, 2.05) is 12.1 Å². The highest BCUT2D eigenvalue weighted by atomic mass is 79.9. The maximum Gasteiger partial charge on any atom is 0.328 e. The van der Waals surface area contributed by atoms with Gasteiger partial charge in [-0.25, -0.2) is 4.98 Å². The van der Waals surface area contributed by atoms with Gasteiger partial charge < -0.3 is 20.6 Å². The van der Waals surface area contributed by atoms with Gasteiger partial charge in [-0.3, -0.25) is 4.79 Å². The van der Waals surface area contributed by atoms with E-state index in [-0.39, 0.29) is 5.82 Å². The third-order valence-corrected chi connectivity index (χ3v) is 3.10. The van der Waals surface area contributed by atoms with E-state index in [4.69, 9.17) is 15.6 Å².